The van der Waals surface area contributed by atoms with Crippen LogP contribution >= 0.6 is 23.1 Å². The van der Waals surface area contributed by atoms with Crippen LogP contribution in [0.25, 0.3) is 0 Å². The van der Waals surface area contributed by atoms with E-state index in [9.17, 15) is 19.5 Å². The number of amides is 2. The number of thiophene rings is 1. The maximum absolute atomic E-state index is 12.8. The van der Waals surface area contributed by atoms with Crippen LogP contribution in [0.4, 0.5) is 9.80 Å². The predicted molar refractivity (Wildman–Crippen MR) is 117 cm³/mol. The number of aryl methyl sites for hydroxylation is 1. The average Bonchev–Trinajstić information content (AvgIpc) is 3.25. The van der Waals surface area contributed by atoms with Gasteiger partial charge in [0.2, 0.25) is 5.91 Å². The van der Waals surface area contributed by atoms with E-state index in [4.69, 9.17) is 9.47 Å². The first kappa shape index (κ1) is 24.8. The molecule has 33 heavy (non-hydrogen) atoms. The summed E-state index contributed by atoms with van der Waals surface area (Å²) in [5.41, 5.74) is 0.406. The molecule has 0 saturated carbocycles. The summed E-state index contributed by atoms with van der Waals surface area (Å²) in [6.07, 6.45) is -0.0158. The summed E-state index contributed by atoms with van der Waals surface area (Å²) in [6, 6.07) is 0. The quantitative estimate of drug-likeness (QED) is 0.372. The summed E-state index contributed by atoms with van der Waals surface area (Å²) < 4.78 is 16.2. The summed E-state index contributed by atoms with van der Waals surface area (Å²) in [7, 11) is 2.81. The SMILES string of the molecule is COC(=O)c1c(NC(=O)C(C)Sc2c([O-])on[n+]2C)sc2c1CCN(C(=O)OC(C)(C)C)C2. The fourth-order valence-electron chi connectivity index (χ4n) is 3.16. The number of hydrogen-bond acceptors (Lipinski definition) is 10. The van der Waals surface area contributed by atoms with Crippen LogP contribution in [0.5, 0.6) is 5.95 Å². The zero-order valence-corrected chi connectivity index (χ0v) is 20.8. The van der Waals surface area contributed by atoms with Gasteiger partial charge in [0, 0.05) is 11.4 Å². The second-order valence-corrected chi connectivity index (χ2v) is 10.8. The third kappa shape index (κ3) is 5.58. The Balaban J connectivity index is 1.81. The number of fused-ring (bicyclic) bond motifs is 1. The highest BCUT2D eigenvalue weighted by molar-refractivity contribution is 8.00. The normalized spacial score (nSPS) is 14.4. The van der Waals surface area contributed by atoms with Crippen LogP contribution in [0.2, 0.25) is 0 Å². The number of anilines is 1. The molecule has 0 fully saturated rings. The fraction of sp³-hybridized carbons (Fsp3) is 0.550. The molecule has 1 unspecified atom stereocenters. The second-order valence-electron chi connectivity index (χ2n) is 8.39. The monoisotopic (exact) mass is 498 g/mol. The van der Waals surface area contributed by atoms with Crippen molar-refractivity contribution in [1.82, 2.24) is 10.2 Å². The van der Waals surface area contributed by atoms with Gasteiger partial charge in [-0.05, 0) is 51.4 Å². The van der Waals surface area contributed by atoms with Crippen molar-refractivity contribution in [2.45, 2.75) is 56.5 Å². The number of carbonyl (C=O) groups is 3. The number of nitrogens with zero attached hydrogens (tertiary/aromatic N) is 3. The molecule has 0 radical (unpaired) electrons. The van der Waals surface area contributed by atoms with Crippen molar-refractivity contribution >= 4 is 46.1 Å². The van der Waals surface area contributed by atoms with Crippen molar-refractivity contribution in [2.75, 3.05) is 19.0 Å². The highest BCUT2D eigenvalue weighted by Crippen LogP contribution is 2.38. The molecule has 2 aromatic rings. The minimum Gasteiger partial charge on any atom is -0.538 e. The van der Waals surface area contributed by atoms with Crippen molar-refractivity contribution < 1.29 is 38.2 Å². The molecule has 1 aliphatic heterocycles. The van der Waals surface area contributed by atoms with Gasteiger partial charge in [0.25, 0.3) is 5.03 Å². The van der Waals surface area contributed by atoms with Crippen LogP contribution in [0, 0.1) is 0 Å². The van der Waals surface area contributed by atoms with Gasteiger partial charge >= 0.3 is 12.1 Å². The van der Waals surface area contributed by atoms with E-state index in [2.05, 4.69) is 15.1 Å². The molecule has 180 valence electrons. The van der Waals surface area contributed by atoms with Gasteiger partial charge in [-0.1, -0.05) is 4.68 Å². The van der Waals surface area contributed by atoms with Crippen molar-refractivity contribution in [3.63, 3.8) is 0 Å². The lowest BCUT2D eigenvalue weighted by Crippen LogP contribution is -2.39. The summed E-state index contributed by atoms with van der Waals surface area (Å²) in [6.45, 7) is 7.64. The molecule has 1 N–H and O–H groups in total. The van der Waals surface area contributed by atoms with E-state index in [1.807, 2.05) is 0 Å². The van der Waals surface area contributed by atoms with E-state index >= 15 is 0 Å². The van der Waals surface area contributed by atoms with E-state index in [0.717, 1.165) is 22.2 Å². The fourth-order valence-corrected chi connectivity index (χ4v) is 5.23. The number of carbonyl (C=O) groups excluding carboxylic acids is 3. The molecular weight excluding hydrogens is 472 g/mol. The van der Waals surface area contributed by atoms with Crippen LogP contribution in [0.15, 0.2) is 9.55 Å². The van der Waals surface area contributed by atoms with Gasteiger partial charge < -0.3 is 29.3 Å². The van der Waals surface area contributed by atoms with Crippen LogP contribution in [0.3, 0.4) is 0 Å². The van der Waals surface area contributed by atoms with Crippen LogP contribution < -0.4 is 15.1 Å². The number of hydrogen-bond donors (Lipinski definition) is 1. The molecule has 2 amide bonds. The highest BCUT2D eigenvalue weighted by atomic mass is 32.2. The van der Waals surface area contributed by atoms with Crippen molar-refractivity contribution in [1.29, 1.82) is 0 Å². The van der Waals surface area contributed by atoms with Crippen LogP contribution in [-0.2, 0) is 34.3 Å². The van der Waals surface area contributed by atoms with E-state index in [0.29, 0.717) is 18.0 Å². The molecule has 13 heteroatoms. The van der Waals surface area contributed by atoms with Gasteiger partial charge in [0.05, 0.1) is 29.7 Å². The van der Waals surface area contributed by atoms with Gasteiger partial charge in [0.15, 0.2) is 13.0 Å². The molecule has 1 aliphatic rings. The molecule has 3 rings (SSSR count). The highest BCUT2D eigenvalue weighted by Gasteiger charge is 2.33. The lowest BCUT2D eigenvalue weighted by molar-refractivity contribution is -0.772. The summed E-state index contributed by atoms with van der Waals surface area (Å²) in [5.74, 6) is -1.61. The zero-order valence-electron chi connectivity index (χ0n) is 19.2. The average molecular weight is 499 g/mol. The first-order valence-corrected chi connectivity index (χ1v) is 11.8. The van der Waals surface area contributed by atoms with Crippen molar-refractivity contribution in [3.8, 4) is 5.95 Å². The van der Waals surface area contributed by atoms with E-state index in [-0.39, 0.29) is 17.1 Å². The molecule has 0 spiro atoms. The van der Waals surface area contributed by atoms with Gasteiger partial charge in [-0.2, -0.15) is 0 Å². The predicted octanol–water partition coefficient (Wildman–Crippen LogP) is 1.83. The van der Waals surface area contributed by atoms with E-state index in [1.54, 1.807) is 32.6 Å². The number of ether oxygens (including phenoxy) is 2. The molecule has 0 bridgehead atoms. The van der Waals surface area contributed by atoms with Crippen molar-refractivity contribution in [2.24, 2.45) is 7.05 Å². The molecule has 3 heterocycles. The third-order valence-corrected chi connectivity index (χ3v) is 7.06. The first-order chi connectivity index (χ1) is 15.4. The second kappa shape index (κ2) is 9.59. The Hall–Kier alpha value is -2.80. The Labute approximate surface area is 199 Å². The minimum absolute atomic E-state index is 0.185. The topological polar surface area (TPSA) is 138 Å². The lowest BCUT2D eigenvalue weighted by atomic mass is 10.0. The number of rotatable bonds is 5. The molecule has 2 aromatic heterocycles. The Morgan fingerprint density at radius 1 is 1.36 bits per heavy atom. The van der Waals surface area contributed by atoms with Gasteiger partial charge in [0.1, 0.15) is 10.6 Å². The Bertz CT molecular complexity index is 1050. The first-order valence-electron chi connectivity index (χ1n) is 10.1. The van der Waals surface area contributed by atoms with Gasteiger partial charge in [-0.25, -0.2) is 9.59 Å². The number of thioether (sulfide) groups is 1. The van der Waals surface area contributed by atoms with E-state index in [1.165, 1.54) is 30.2 Å². The van der Waals surface area contributed by atoms with Crippen LogP contribution in [-0.4, -0.2) is 52.6 Å². The Kier molecular flexibility index (Phi) is 7.22. The minimum atomic E-state index is -0.675. The molecule has 0 aromatic carbocycles. The van der Waals surface area contributed by atoms with E-state index < -0.39 is 34.8 Å². The van der Waals surface area contributed by atoms with Gasteiger partial charge in [-0.15, -0.1) is 11.3 Å². The largest absolute Gasteiger partial charge is 0.538 e. The summed E-state index contributed by atoms with van der Waals surface area (Å²) >= 11 is 2.21. The molecule has 11 nitrogen and oxygen atoms in total. The number of esters is 1. The summed E-state index contributed by atoms with van der Waals surface area (Å²) in [5, 5.41) is 17.9. The smallest absolute Gasteiger partial charge is 0.410 e. The maximum atomic E-state index is 12.8. The zero-order chi connectivity index (χ0) is 24.5. The number of methoxy groups -OCH3 is 1. The van der Waals surface area contributed by atoms with Crippen molar-refractivity contribution in [3.05, 3.63) is 16.0 Å². The Morgan fingerprint density at radius 2 is 2.06 bits per heavy atom. The Morgan fingerprint density at radius 3 is 2.64 bits per heavy atom. The molecule has 0 aliphatic carbocycles. The summed E-state index contributed by atoms with van der Waals surface area (Å²) in [4.78, 5) is 40.2. The molecule has 0 saturated heterocycles. The number of nitrogens with one attached hydrogen (secondary N) is 1. The standard InChI is InChI=1S/C20H26N4O7S2/c1-10(32-16-18(27)31-22-23(16)5)14(25)21-15-13(17(26)29-6)11-7-8-24(9-12(11)33-15)19(28)30-20(2,3)4/h10H,7-9H2,1-6H3,(H-,21,22,25,26,27). The van der Waals surface area contributed by atoms with Gasteiger partial charge in [-0.3, -0.25) is 4.79 Å². The maximum Gasteiger partial charge on any atom is 0.410 e. The van der Waals surface area contributed by atoms with Crippen LogP contribution in [0.1, 0.15) is 48.5 Å². The molecular formula is C20H26N4O7S2. The lowest BCUT2D eigenvalue weighted by Gasteiger charge is -2.30. The molecule has 1 atom stereocenters. The third-order valence-electron chi connectivity index (χ3n) is 4.71. The number of aromatic nitrogens is 2.